The largest absolute Gasteiger partial charge is 0.497 e. The van der Waals surface area contributed by atoms with Gasteiger partial charge in [0.2, 0.25) is 5.91 Å². The van der Waals surface area contributed by atoms with E-state index in [9.17, 15) is 14.9 Å². The average Bonchev–Trinajstić information content (AvgIpc) is 2.66. The first-order valence-corrected chi connectivity index (χ1v) is 8.41. The molecular weight excluding hydrogens is 350 g/mol. The molecule has 1 amide bonds. The molecule has 8 nitrogen and oxygen atoms in total. The number of hydrogen-bond acceptors (Lipinski definition) is 6. The number of carbonyl (C=O) groups excluding carboxylic acids is 1. The molecule has 0 aliphatic rings. The quantitative estimate of drug-likeness (QED) is 0.517. The smallest absolute Gasteiger partial charge is 0.269 e. The van der Waals surface area contributed by atoms with Crippen LogP contribution in [0.1, 0.15) is 18.9 Å². The molecule has 27 heavy (non-hydrogen) atoms. The monoisotopic (exact) mass is 373 g/mol. The highest BCUT2D eigenvalue weighted by Crippen LogP contribution is 2.29. The Morgan fingerprint density at radius 1 is 1.15 bits per heavy atom. The van der Waals surface area contributed by atoms with Crippen molar-refractivity contribution in [3.05, 3.63) is 58.1 Å². The molecule has 0 aliphatic heterocycles. The molecule has 144 valence electrons. The SMILES string of the molecule is COc1ccc(OC)c(NC(=O)CC(C)NCc2ccc([N+](=O)[O-])cc2)c1. The van der Waals surface area contributed by atoms with E-state index in [-0.39, 0.29) is 24.1 Å². The average molecular weight is 373 g/mol. The predicted molar refractivity (Wildman–Crippen MR) is 102 cm³/mol. The Bertz CT molecular complexity index is 792. The van der Waals surface area contributed by atoms with Crippen molar-refractivity contribution < 1.29 is 19.2 Å². The molecule has 2 N–H and O–H groups in total. The van der Waals surface area contributed by atoms with E-state index in [0.717, 1.165) is 5.56 Å². The Labute approximate surface area is 157 Å². The minimum Gasteiger partial charge on any atom is -0.497 e. The Balaban J connectivity index is 1.87. The maximum atomic E-state index is 12.3. The standard InChI is InChI=1S/C19H23N3O5/c1-13(20-12-14-4-6-15(7-5-14)22(24)25)10-19(23)21-17-11-16(26-2)8-9-18(17)27-3/h4-9,11,13,20H,10,12H2,1-3H3,(H,21,23). The third-order valence-electron chi connectivity index (χ3n) is 3.97. The summed E-state index contributed by atoms with van der Waals surface area (Å²) < 4.78 is 10.4. The zero-order valence-electron chi connectivity index (χ0n) is 15.5. The summed E-state index contributed by atoms with van der Waals surface area (Å²) in [5, 5.41) is 16.7. The molecule has 0 radical (unpaired) electrons. The van der Waals surface area contributed by atoms with E-state index in [1.165, 1.54) is 19.2 Å². The number of methoxy groups -OCH3 is 2. The first-order chi connectivity index (χ1) is 12.9. The van der Waals surface area contributed by atoms with Crippen LogP contribution in [0.2, 0.25) is 0 Å². The molecule has 1 unspecified atom stereocenters. The summed E-state index contributed by atoms with van der Waals surface area (Å²) in [7, 11) is 3.09. The third-order valence-corrected chi connectivity index (χ3v) is 3.97. The number of nitrogens with zero attached hydrogens (tertiary/aromatic N) is 1. The van der Waals surface area contributed by atoms with Gasteiger partial charge in [-0.1, -0.05) is 12.1 Å². The highest BCUT2D eigenvalue weighted by atomic mass is 16.6. The van der Waals surface area contributed by atoms with Crippen molar-refractivity contribution in [2.45, 2.75) is 25.9 Å². The lowest BCUT2D eigenvalue weighted by molar-refractivity contribution is -0.384. The number of rotatable bonds is 9. The second-order valence-corrected chi connectivity index (χ2v) is 6.02. The lowest BCUT2D eigenvalue weighted by Crippen LogP contribution is -2.30. The minimum absolute atomic E-state index is 0.0541. The molecule has 0 spiro atoms. The second kappa shape index (κ2) is 9.54. The van der Waals surface area contributed by atoms with Crippen molar-refractivity contribution in [3.8, 4) is 11.5 Å². The molecule has 0 aliphatic carbocycles. The number of carbonyl (C=O) groups is 1. The number of nitro benzene ring substituents is 1. The Morgan fingerprint density at radius 2 is 1.85 bits per heavy atom. The van der Waals surface area contributed by atoms with E-state index in [1.54, 1.807) is 37.4 Å². The van der Waals surface area contributed by atoms with Crippen LogP contribution in [0.3, 0.4) is 0 Å². The lowest BCUT2D eigenvalue weighted by Gasteiger charge is -2.15. The number of ether oxygens (including phenoxy) is 2. The zero-order chi connectivity index (χ0) is 19.8. The normalized spacial score (nSPS) is 11.5. The van der Waals surface area contributed by atoms with Crippen molar-refractivity contribution in [1.29, 1.82) is 0 Å². The highest BCUT2D eigenvalue weighted by molar-refractivity contribution is 5.92. The van der Waals surface area contributed by atoms with Gasteiger partial charge in [0.05, 0.1) is 24.8 Å². The zero-order valence-corrected chi connectivity index (χ0v) is 15.5. The topological polar surface area (TPSA) is 103 Å². The van der Waals surface area contributed by atoms with Gasteiger partial charge in [0.1, 0.15) is 11.5 Å². The van der Waals surface area contributed by atoms with Crippen LogP contribution in [0.25, 0.3) is 0 Å². The van der Waals surface area contributed by atoms with Crippen molar-refractivity contribution >= 4 is 17.3 Å². The summed E-state index contributed by atoms with van der Waals surface area (Å²) in [5.41, 5.74) is 1.50. The molecule has 0 saturated carbocycles. The molecule has 2 rings (SSSR count). The van der Waals surface area contributed by atoms with Crippen molar-refractivity contribution in [2.75, 3.05) is 19.5 Å². The van der Waals surface area contributed by atoms with Crippen LogP contribution in [0.4, 0.5) is 11.4 Å². The van der Waals surface area contributed by atoms with Gasteiger partial charge in [0, 0.05) is 37.2 Å². The fraction of sp³-hybridized carbons (Fsp3) is 0.316. The highest BCUT2D eigenvalue weighted by Gasteiger charge is 2.13. The van der Waals surface area contributed by atoms with Crippen LogP contribution in [0.5, 0.6) is 11.5 Å². The van der Waals surface area contributed by atoms with Crippen LogP contribution in [-0.2, 0) is 11.3 Å². The molecular formula is C19H23N3O5. The van der Waals surface area contributed by atoms with Gasteiger partial charge >= 0.3 is 0 Å². The van der Waals surface area contributed by atoms with Gasteiger partial charge in [0.15, 0.2) is 0 Å². The predicted octanol–water partition coefficient (Wildman–Crippen LogP) is 3.12. The number of amides is 1. The Hall–Kier alpha value is -3.13. The second-order valence-electron chi connectivity index (χ2n) is 6.02. The lowest BCUT2D eigenvalue weighted by atomic mass is 10.1. The molecule has 0 saturated heterocycles. The van der Waals surface area contributed by atoms with Gasteiger partial charge in [-0.05, 0) is 24.6 Å². The van der Waals surface area contributed by atoms with E-state index >= 15 is 0 Å². The maximum Gasteiger partial charge on any atom is 0.269 e. The first kappa shape index (κ1) is 20.2. The molecule has 1 atom stereocenters. The maximum absolute atomic E-state index is 12.3. The van der Waals surface area contributed by atoms with E-state index in [2.05, 4.69) is 10.6 Å². The van der Waals surface area contributed by atoms with Gasteiger partial charge in [-0.15, -0.1) is 0 Å². The van der Waals surface area contributed by atoms with Crippen molar-refractivity contribution in [3.63, 3.8) is 0 Å². The van der Waals surface area contributed by atoms with E-state index in [0.29, 0.717) is 23.7 Å². The third kappa shape index (κ3) is 5.96. The van der Waals surface area contributed by atoms with Gasteiger partial charge < -0.3 is 20.1 Å². The van der Waals surface area contributed by atoms with Crippen LogP contribution in [-0.4, -0.2) is 31.1 Å². The minimum atomic E-state index is -0.434. The Kier molecular flexibility index (Phi) is 7.13. The summed E-state index contributed by atoms with van der Waals surface area (Å²) in [6.07, 6.45) is 0.257. The van der Waals surface area contributed by atoms with Crippen LogP contribution in [0.15, 0.2) is 42.5 Å². The fourth-order valence-electron chi connectivity index (χ4n) is 2.49. The summed E-state index contributed by atoms with van der Waals surface area (Å²) in [6, 6.07) is 11.4. The number of non-ortho nitro benzene ring substituents is 1. The fourth-order valence-corrected chi connectivity index (χ4v) is 2.49. The number of nitrogens with one attached hydrogen (secondary N) is 2. The van der Waals surface area contributed by atoms with E-state index < -0.39 is 4.92 Å². The molecule has 0 fully saturated rings. The first-order valence-electron chi connectivity index (χ1n) is 8.41. The van der Waals surface area contributed by atoms with Crippen molar-refractivity contribution in [1.82, 2.24) is 5.32 Å². The Morgan fingerprint density at radius 3 is 2.44 bits per heavy atom. The molecule has 0 aromatic heterocycles. The molecule has 0 bridgehead atoms. The van der Waals surface area contributed by atoms with Crippen LogP contribution < -0.4 is 20.1 Å². The number of benzene rings is 2. The molecule has 2 aromatic rings. The van der Waals surface area contributed by atoms with Gasteiger partial charge in [-0.3, -0.25) is 14.9 Å². The summed E-state index contributed by atoms with van der Waals surface area (Å²) in [4.78, 5) is 22.5. The number of nitro groups is 1. The van der Waals surface area contributed by atoms with Crippen molar-refractivity contribution in [2.24, 2.45) is 0 Å². The summed E-state index contributed by atoms with van der Waals surface area (Å²) in [5.74, 6) is 1.01. The van der Waals surface area contributed by atoms with Crippen LogP contribution >= 0.6 is 0 Å². The van der Waals surface area contributed by atoms with Gasteiger partial charge in [-0.2, -0.15) is 0 Å². The summed E-state index contributed by atoms with van der Waals surface area (Å²) in [6.45, 7) is 2.41. The molecule has 8 heteroatoms. The number of hydrogen-bond donors (Lipinski definition) is 2. The van der Waals surface area contributed by atoms with E-state index in [4.69, 9.17) is 9.47 Å². The van der Waals surface area contributed by atoms with Gasteiger partial charge in [0.25, 0.3) is 5.69 Å². The summed E-state index contributed by atoms with van der Waals surface area (Å²) >= 11 is 0. The van der Waals surface area contributed by atoms with E-state index in [1.807, 2.05) is 6.92 Å². The van der Waals surface area contributed by atoms with Gasteiger partial charge in [-0.25, -0.2) is 0 Å². The van der Waals surface area contributed by atoms with Crippen LogP contribution in [0, 0.1) is 10.1 Å². The molecule has 2 aromatic carbocycles. The molecule has 0 heterocycles. The number of anilines is 1.